The fourth-order valence-electron chi connectivity index (χ4n) is 1.81. The molecule has 0 saturated heterocycles. The average Bonchev–Trinajstić information content (AvgIpc) is 2.16. The number of ether oxygens (including phenoxy) is 1. The highest BCUT2D eigenvalue weighted by molar-refractivity contribution is 4.77. The second-order valence-corrected chi connectivity index (χ2v) is 3.49. The fourth-order valence-corrected chi connectivity index (χ4v) is 1.81. The van der Waals surface area contributed by atoms with Crippen LogP contribution in [0.4, 0.5) is 0 Å². The lowest BCUT2D eigenvalue weighted by atomic mass is 9.97. The van der Waals surface area contributed by atoms with Crippen molar-refractivity contribution in [2.75, 3.05) is 7.11 Å². The highest BCUT2D eigenvalue weighted by atomic mass is 16.5. The second kappa shape index (κ2) is 4.07. The highest BCUT2D eigenvalue weighted by Gasteiger charge is 2.26. The van der Waals surface area contributed by atoms with E-state index in [0.717, 1.165) is 19.3 Å². The van der Waals surface area contributed by atoms with Crippen LogP contribution in [0.1, 0.15) is 32.6 Å². The van der Waals surface area contributed by atoms with Crippen molar-refractivity contribution in [2.24, 2.45) is 5.92 Å². The Kier molecular flexibility index (Phi) is 3.34. The van der Waals surface area contributed by atoms with Gasteiger partial charge in [-0.3, -0.25) is 0 Å². The van der Waals surface area contributed by atoms with E-state index in [4.69, 9.17) is 4.74 Å². The molecule has 2 nitrogen and oxygen atoms in total. The maximum Gasteiger partial charge on any atom is 0.0621 e. The van der Waals surface area contributed by atoms with E-state index < -0.39 is 0 Å². The van der Waals surface area contributed by atoms with Crippen molar-refractivity contribution in [1.29, 1.82) is 0 Å². The molecule has 0 spiro atoms. The lowest BCUT2D eigenvalue weighted by molar-refractivity contribution is -0.00203. The molecule has 2 heteroatoms. The van der Waals surface area contributed by atoms with Gasteiger partial charge >= 0.3 is 0 Å². The van der Waals surface area contributed by atoms with Crippen molar-refractivity contribution in [3.05, 3.63) is 0 Å². The Morgan fingerprint density at radius 2 is 1.91 bits per heavy atom. The first kappa shape index (κ1) is 9.01. The van der Waals surface area contributed by atoms with Gasteiger partial charge in [0.2, 0.25) is 0 Å². The topological polar surface area (TPSA) is 29.5 Å². The van der Waals surface area contributed by atoms with Crippen LogP contribution in [0.5, 0.6) is 0 Å². The van der Waals surface area contributed by atoms with E-state index in [1.165, 1.54) is 6.42 Å². The molecule has 0 aliphatic heterocycles. The van der Waals surface area contributed by atoms with E-state index in [9.17, 15) is 5.11 Å². The van der Waals surface area contributed by atoms with Crippen molar-refractivity contribution >= 4 is 0 Å². The predicted octanol–water partition coefficient (Wildman–Crippen LogP) is 1.57. The molecule has 0 aromatic carbocycles. The molecule has 1 fully saturated rings. The molecule has 0 aromatic heterocycles. The van der Waals surface area contributed by atoms with Crippen LogP contribution in [0.15, 0.2) is 0 Å². The molecule has 0 unspecified atom stereocenters. The first-order valence-corrected chi connectivity index (χ1v) is 4.46. The third kappa shape index (κ3) is 2.17. The molecule has 0 aromatic rings. The van der Waals surface area contributed by atoms with Gasteiger partial charge in [0, 0.05) is 13.0 Å². The van der Waals surface area contributed by atoms with Crippen molar-refractivity contribution < 1.29 is 9.84 Å². The van der Waals surface area contributed by atoms with Gasteiger partial charge in [-0.05, 0) is 12.8 Å². The zero-order chi connectivity index (χ0) is 8.27. The summed E-state index contributed by atoms with van der Waals surface area (Å²) in [4.78, 5) is 0. The minimum absolute atomic E-state index is 0.151. The van der Waals surface area contributed by atoms with Gasteiger partial charge in [-0.2, -0.15) is 0 Å². The summed E-state index contributed by atoms with van der Waals surface area (Å²) in [6, 6.07) is 0. The van der Waals surface area contributed by atoms with E-state index in [1.54, 1.807) is 7.11 Å². The molecule has 1 N–H and O–H groups in total. The van der Waals surface area contributed by atoms with Crippen molar-refractivity contribution in [2.45, 2.75) is 44.8 Å². The Bertz CT molecular complexity index is 114. The van der Waals surface area contributed by atoms with Crippen LogP contribution in [-0.4, -0.2) is 24.4 Å². The van der Waals surface area contributed by atoms with Crippen LogP contribution >= 0.6 is 0 Å². The fraction of sp³-hybridized carbons (Fsp3) is 1.00. The smallest absolute Gasteiger partial charge is 0.0621 e. The van der Waals surface area contributed by atoms with E-state index >= 15 is 0 Å². The van der Waals surface area contributed by atoms with E-state index in [1.807, 2.05) is 0 Å². The summed E-state index contributed by atoms with van der Waals surface area (Å²) >= 11 is 0. The van der Waals surface area contributed by atoms with Gasteiger partial charge in [0.1, 0.15) is 0 Å². The number of hydrogen-bond donors (Lipinski definition) is 1. The molecule has 1 aliphatic rings. The molecule has 1 saturated carbocycles. The number of methoxy groups -OCH3 is 1. The summed E-state index contributed by atoms with van der Waals surface area (Å²) in [6.07, 6.45) is 4.51. The molecule has 1 rings (SSSR count). The molecular formula is C9H18O2. The standard InChI is InChI=1S/C9H18O2/c1-7-8(10)5-3-4-6-9(7)11-2/h7-10H,3-6H2,1-2H3/t7-,8-,9-/m1/s1. The first-order chi connectivity index (χ1) is 5.25. The molecular weight excluding hydrogens is 140 g/mol. The number of aliphatic hydroxyl groups is 1. The largest absolute Gasteiger partial charge is 0.393 e. The molecule has 0 radical (unpaired) electrons. The second-order valence-electron chi connectivity index (χ2n) is 3.49. The lowest BCUT2D eigenvalue weighted by Crippen LogP contribution is -2.28. The van der Waals surface area contributed by atoms with E-state index in [-0.39, 0.29) is 12.2 Å². The lowest BCUT2D eigenvalue weighted by Gasteiger charge is -2.23. The maximum atomic E-state index is 9.58. The molecule has 0 heterocycles. The van der Waals surface area contributed by atoms with Gasteiger partial charge in [-0.1, -0.05) is 19.8 Å². The van der Waals surface area contributed by atoms with Crippen molar-refractivity contribution in [3.8, 4) is 0 Å². The predicted molar refractivity (Wildman–Crippen MR) is 44.4 cm³/mol. The van der Waals surface area contributed by atoms with Gasteiger partial charge in [0.05, 0.1) is 12.2 Å². The molecule has 0 amide bonds. The average molecular weight is 158 g/mol. The van der Waals surface area contributed by atoms with Crippen LogP contribution < -0.4 is 0 Å². The van der Waals surface area contributed by atoms with Gasteiger partial charge in [-0.25, -0.2) is 0 Å². The van der Waals surface area contributed by atoms with E-state index in [2.05, 4.69) is 6.92 Å². The monoisotopic (exact) mass is 158 g/mol. The SMILES string of the molecule is CO[C@@H]1CCCC[C@@H](O)[C@H]1C. The number of rotatable bonds is 1. The third-order valence-corrected chi connectivity index (χ3v) is 2.73. The van der Waals surface area contributed by atoms with Gasteiger partial charge in [-0.15, -0.1) is 0 Å². The summed E-state index contributed by atoms with van der Waals surface area (Å²) in [7, 11) is 1.74. The number of aliphatic hydroxyl groups excluding tert-OH is 1. The summed E-state index contributed by atoms with van der Waals surface area (Å²) in [6.45, 7) is 2.07. The Morgan fingerprint density at radius 1 is 1.27 bits per heavy atom. The maximum absolute atomic E-state index is 9.58. The Morgan fingerprint density at radius 3 is 2.55 bits per heavy atom. The summed E-state index contributed by atoms with van der Waals surface area (Å²) < 4.78 is 5.29. The minimum Gasteiger partial charge on any atom is -0.393 e. The molecule has 0 bridgehead atoms. The Balaban J connectivity index is 2.49. The molecule has 66 valence electrons. The molecule has 3 atom stereocenters. The quantitative estimate of drug-likeness (QED) is 0.587. The van der Waals surface area contributed by atoms with Gasteiger partial charge in [0.25, 0.3) is 0 Å². The van der Waals surface area contributed by atoms with Crippen LogP contribution in [0, 0.1) is 5.92 Å². The summed E-state index contributed by atoms with van der Waals surface area (Å²) in [5.41, 5.74) is 0. The first-order valence-electron chi connectivity index (χ1n) is 4.46. The normalized spacial score (nSPS) is 40.1. The molecule has 1 aliphatic carbocycles. The third-order valence-electron chi connectivity index (χ3n) is 2.73. The van der Waals surface area contributed by atoms with Crippen LogP contribution in [0.25, 0.3) is 0 Å². The van der Waals surface area contributed by atoms with Gasteiger partial charge < -0.3 is 9.84 Å². The Labute approximate surface area is 68.6 Å². The zero-order valence-corrected chi connectivity index (χ0v) is 7.42. The summed E-state index contributed by atoms with van der Waals surface area (Å²) in [5.74, 6) is 0.308. The highest BCUT2D eigenvalue weighted by Crippen LogP contribution is 2.25. The molecule has 11 heavy (non-hydrogen) atoms. The van der Waals surface area contributed by atoms with Crippen LogP contribution in [0.3, 0.4) is 0 Å². The van der Waals surface area contributed by atoms with Crippen LogP contribution in [0.2, 0.25) is 0 Å². The van der Waals surface area contributed by atoms with Crippen molar-refractivity contribution in [3.63, 3.8) is 0 Å². The number of hydrogen-bond acceptors (Lipinski definition) is 2. The summed E-state index contributed by atoms with van der Waals surface area (Å²) in [5, 5.41) is 9.58. The minimum atomic E-state index is -0.151. The zero-order valence-electron chi connectivity index (χ0n) is 7.42. The van der Waals surface area contributed by atoms with Crippen LogP contribution in [-0.2, 0) is 4.74 Å². The van der Waals surface area contributed by atoms with Gasteiger partial charge in [0.15, 0.2) is 0 Å². The van der Waals surface area contributed by atoms with E-state index in [0.29, 0.717) is 5.92 Å². The Hall–Kier alpha value is -0.0800. The van der Waals surface area contributed by atoms with Crippen molar-refractivity contribution in [1.82, 2.24) is 0 Å².